The van der Waals surface area contributed by atoms with Crippen molar-refractivity contribution in [1.82, 2.24) is 10.2 Å². The Bertz CT molecular complexity index is 947. The van der Waals surface area contributed by atoms with E-state index in [0.717, 1.165) is 21.6 Å². The van der Waals surface area contributed by atoms with Crippen molar-refractivity contribution < 1.29 is 14.4 Å². The first-order valence-corrected chi connectivity index (χ1v) is 9.48. The highest BCUT2D eigenvalue weighted by molar-refractivity contribution is 6.11. The van der Waals surface area contributed by atoms with Crippen LogP contribution in [0, 0.1) is 13.8 Å². The highest BCUT2D eigenvalue weighted by atomic mass is 16.2. The normalized spacial score (nSPS) is 19.3. The molecule has 1 aliphatic rings. The van der Waals surface area contributed by atoms with E-state index in [-0.39, 0.29) is 12.3 Å². The molecule has 0 aliphatic carbocycles. The van der Waals surface area contributed by atoms with E-state index in [4.69, 9.17) is 0 Å². The molecular weight excluding hydrogens is 352 g/mol. The van der Waals surface area contributed by atoms with Gasteiger partial charge in [0, 0.05) is 5.56 Å². The van der Waals surface area contributed by atoms with Gasteiger partial charge in [-0.05, 0) is 49.4 Å². The van der Waals surface area contributed by atoms with Gasteiger partial charge in [-0.25, -0.2) is 4.79 Å². The Labute approximate surface area is 165 Å². The van der Waals surface area contributed by atoms with Gasteiger partial charge in [0.1, 0.15) is 5.54 Å². The van der Waals surface area contributed by atoms with Crippen molar-refractivity contribution in [1.29, 1.82) is 0 Å². The van der Waals surface area contributed by atoms with Gasteiger partial charge in [0.2, 0.25) is 0 Å². The minimum absolute atomic E-state index is 0.246. The lowest BCUT2D eigenvalue weighted by atomic mass is 9.90. The molecule has 2 aromatic carbocycles. The molecule has 5 heteroatoms. The van der Waals surface area contributed by atoms with Crippen LogP contribution in [0.5, 0.6) is 0 Å². The Morgan fingerprint density at radius 3 is 2.32 bits per heavy atom. The van der Waals surface area contributed by atoms with Crippen LogP contribution in [0.25, 0.3) is 0 Å². The van der Waals surface area contributed by atoms with Crippen molar-refractivity contribution in [3.8, 4) is 0 Å². The molecule has 28 heavy (non-hydrogen) atoms. The number of amides is 3. The third-order valence-corrected chi connectivity index (χ3v) is 5.42. The number of hydrogen-bond donors (Lipinski definition) is 1. The lowest BCUT2D eigenvalue weighted by Crippen LogP contribution is -2.41. The number of carbonyl (C=O) groups excluding carboxylic acids is 3. The third kappa shape index (κ3) is 3.44. The van der Waals surface area contributed by atoms with Crippen molar-refractivity contribution in [2.75, 3.05) is 6.54 Å². The van der Waals surface area contributed by atoms with E-state index in [0.29, 0.717) is 17.0 Å². The number of urea groups is 1. The largest absolute Gasteiger partial charge is 0.325 e. The first-order chi connectivity index (χ1) is 13.1. The molecule has 3 amide bonds. The summed E-state index contributed by atoms with van der Waals surface area (Å²) in [5, 5.41) is 2.76. The maximum Gasteiger partial charge on any atom is 0.325 e. The fourth-order valence-electron chi connectivity index (χ4n) is 3.50. The fraction of sp³-hybridized carbons (Fsp3) is 0.348. The first-order valence-electron chi connectivity index (χ1n) is 9.48. The second-order valence-electron chi connectivity index (χ2n) is 7.96. The molecule has 0 unspecified atom stereocenters. The molecule has 3 rings (SSSR count). The number of nitrogens with one attached hydrogen (secondary N) is 1. The zero-order valence-electron chi connectivity index (χ0n) is 17.0. The number of nitrogens with zero attached hydrogens (tertiary/aromatic N) is 1. The molecule has 1 aliphatic heterocycles. The van der Waals surface area contributed by atoms with Crippen LogP contribution in [0.2, 0.25) is 0 Å². The smallest absolute Gasteiger partial charge is 0.319 e. The van der Waals surface area contributed by atoms with Crippen LogP contribution in [0.3, 0.4) is 0 Å². The molecule has 1 fully saturated rings. The Morgan fingerprint density at radius 2 is 1.71 bits per heavy atom. The van der Waals surface area contributed by atoms with Crippen molar-refractivity contribution >= 4 is 17.7 Å². The van der Waals surface area contributed by atoms with Gasteiger partial charge in [-0.2, -0.15) is 0 Å². The van der Waals surface area contributed by atoms with Gasteiger partial charge in [0.15, 0.2) is 5.78 Å². The Kier molecular flexibility index (Phi) is 5.11. The lowest BCUT2D eigenvalue weighted by Gasteiger charge is -2.23. The summed E-state index contributed by atoms with van der Waals surface area (Å²) in [5.41, 5.74) is 3.02. The molecule has 1 heterocycles. The molecule has 0 bridgehead atoms. The predicted octanol–water partition coefficient (Wildman–Crippen LogP) is 4.08. The van der Waals surface area contributed by atoms with E-state index in [9.17, 15) is 14.4 Å². The first kappa shape index (κ1) is 19.8. The van der Waals surface area contributed by atoms with Gasteiger partial charge in [-0.3, -0.25) is 14.5 Å². The number of rotatable bonds is 5. The predicted molar refractivity (Wildman–Crippen MR) is 108 cm³/mol. The van der Waals surface area contributed by atoms with Gasteiger partial charge >= 0.3 is 6.03 Å². The van der Waals surface area contributed by atoms with E-state index in [2.05, 4.69) is 19.2 Å². The minimum atomic E-state index is -1.17. The second-order valence-corrected chi connectivity index (χ2v) is 7.96. The number of benzene rings is 2. The van der Waals surface area contributed by atoms with E-state index in [1.807, 2.05) is 50.2 Å². The molecule has 0 radical (unpaired) electrons. The van der Waals surface area contributed by atoms with E-state index < -0.39 is 17.5 Å². The van der Waals surface area contributed by atoms with Gasteiger partial charge in [0.05, 0.1) is 6.54 Å². The van der Waals surface area contributed by atoms with Crippen LogP contribution >= 0.6 is 0 Å². The van der Waals surface area contributed by atoms with E-state index >= 15 is 0 Å². The second kappa shape index (κ2) is 7.23. The average molecular weight is 378 g/mol. The quantitative estimate of drug-likeness (QED) is 0.630. The SMILES string of the molecule is Cc1ccc(C)c(C(=O)CN2C(=O)N[C@@](C)(c3ccc(C(C)C)cc3)C2=O)c1. The Morgan fingerprint density at radius 1 is 1.07 bits per heavy atom. The van der Waals surface area contributed by atoms with Crippen molar-refractivity contribution in [2.24, 2.45) is 0 Å². The minimum Gasteiger partial charge on any atom is -0.319 e. The van der Waals surface area contributed by atoms with Gasteiger partial charge in [-0.15, -0.1) is 0 Å². The highest BCUT2D eigenvalue weighted by Crippen LogP contribution is 2.30. The maximum absolute atomic E-state index is 13.1. The van der Waals surface area contributed by atoms with Crippen LogP contribution in [0.4, 0.5) is 4.79 Å². The molecule has 0 aromatic heterocycles. The number of ketones is 1. The summed E-state index contributed by atoms with van der Waals surface area (Å²) in [6.45, 7) is 9.36. The Hall–Kier alpha value is -2.95. The van der Waals surface area contributed by atoms with Crippen LogP contribution in [0.1, 0.15) is 59.3 Å². The van der Waals surface area contributed by atoms with Gasteiger partial charge in [0.25, 0.3) is 5.91 Å². The summed E-state index contributed by atoms with van der Waals surface area (Å²) >= 11 is 0. The number of carbonyl (C=O) groups is 3. The van der Waals surface area contributed by atoms with Crippen LogP contribution in [-0.2, 0) is 10.3 Å². The van der Waals surface area contributed by atoms with Crippen molar-refractivity contribution in [2.45, 2.75) is 46.1 Å². The van der Waals surface area contributed by atoms with Crippen LogP contribution in [0.15, 0.2) is 42.5 Å². The molecule has 0 saturated carbocycles. The Balaban J connectivity index is 1.85. The topological polar surface area (TPSA) is 66.5 Å². The molecular formula is C23H26N2O3. The summed E-state index contributed by atoms with van der Waals surface area (Å²) in [5.74, 6) is -0.278. The number of imide groups is 1. The molecule has 1 N–H and O–H groups in total. The van der Waals surface area contributed by atoms with Crippen LogP contribution < -0.4 is 5.32 Å². The summed E-state index contributed by atoms with van der Waals surface area (Å²) in [7, 11) is 0. The zero-order chi connectivity index (χ0) is 20.6. The average Bonchev–Trinajstić information content (AvgIpc) is 2.87. The summed E-state index contributed by atoms with van der Waals surface area (Å²) in [6, 6.07) is 12.7. The van der Waals surface area contributed by atoms with Crippen LogP contribution in [-0.4, -0.2) is 29.2 Å². The van der Waals surface area contributed by atoms with Gasteiger partial charge in [-0.1, -0.05) is 55.8 Å². The number of hydrogen-bond acceptors (Lipinski definition) is 3. The zero-order valence-corrected chi connectivity index (χ0v) is 17.0. The molecule has 0 spiro atoms. The van der Waals surface area contributed by atoms with Crippen molar-refractivity contribution in [3.63, 3.8) is 0 Å². The standard InChI is InChI=1S/C23H26N2O3/c1-14(2)17-8-10-18(11-9-17)23(5)21(27)25(22(28)24-23)13-20(26)19-12-15(3)6-7-16(19)4/h6-12,14H,13H2,1-5H3,(H,24,28)/t23-/m0/s1. The maximum atomic E-state index is 13.1. The molecule has 2 aromatic rings. The lowest BCUT2D eigenvalue weighted by molar-refractivity contribution is -0.130. The summed E-state index contributed by atoms with van der Waals surface area (Å²) < 4.78 is 0. The molecule has 1 saturated heterocycles. The monoisotopic (exact) mass is 378 g/mol. The van der Waals surface area contributed by atoms with Gasteiger partial charge < -0.3 is 5.32 Å². The third-order valence-electron chi connectivity index (χ3n) is 5.42. The van der Waals surface area contributed by atoms with E-state index in [1.165, 1.54) is 0 Å². The highest BCUT2D eigenvalue weighted by Gasteiger charge is 2.49. The number of aryl methyl sites for hydroxylation is 2. The fourth-order valence-corrected chi connectivity index (χ4v) is 3.50. The number of Topliss-reactive ketones (excluding diaryl/α,β-unsaturated/α-hetero) is 1. The summed E-state index contributed by atoms with van der Waals surface area (Å²) in [6.07, 6.45) is 0. The molecule has 5 nitrogen and oxygen atoms in total. The summed E-state index contributed by atoms with van der Waals surface area (Å²) in [4.78, 5) is 39.3. The molecule has 1 atom stereocenters. The molecule has 146 valence electrons. The van der Waals surface area contributed by atoms with Crippen molar-refractivity contribution in [3.05, 3.63) is 70.3 Å². The van der Waals surface area contributed by atoms with E-state index in [1.54, 1.807) is 13.0 Å².